The van der Waals surface area contributed by atoms with Gasteiger partial charge in [-0.2, -0.15) is 0 Å². The normalized spacial score (nSPS) is 10.6. The van der Waals surface area contributed by atoms with Gasteiger partial charge in [-0.15, -0.1) is 0 Å². The van der Waals surface area contributed by atoms with Crippen molar-refractivity contribution in [3.8, 4) is 11.5 Å². The van der Waals surface area contributed by atoms with Crippen LogP contribution in [0.4, 0.5) is 0 Å². The first kappa shape index (κ1) is 22.6. The molecule has 10 nitrogen and oxygen atoms in total. The van der Waals surface area contributed by atoms with Crippen molar-refractivity contribution >= 4 is 22.6 Å². The molecular weight excluding hydrogens is 416 g/mol. The molecule has 1 aromatic heterocycles. The zero-order chi connectivity index (χ0) is 23.1. The number of H-pyrrole nitrogens is 1. The Bertz CT molecular complexity index is 1250. The second-order valence-electron chi connectivity index (χ2n) is 6.88. The van der Waals surface area contributed by atoms with E-state index in [-0.39, 0.29) is 36.4 Å². The molecular formula is C22H24N4O6. The fraction of sp³-hybridized carbons (Fsp3) is 0.273. The van der Waals surface area contributed by atoms with E-state index in [1.807, 2.05) is 6.92 Å². The highest BCUT2D eigenvalue weighted by atomic mass is 16.5. The lowest BCUT2D eigenvalue weighted by atomic mass is 10.2. The fourth-order valence-electron chi connectivity index (χ4n) is 3.09. The van der Waals surface area contributed by atoms with Crippen molar-refractivity contribution < 1.29 is 19.1 Å². The third-order valence-electron chi connectivity index (χ3n) is 4.64. The van der Waals surface area contributed by atoms with E-state index in [1.165, 1.54) is 7.11 Å². The summed E-state index contributed by atoms with van der Waals surface area (Å²) < 4.78 is 11.7. The number of fused-ring (bicyclic) bond motifs is 1. The molecule has 0 saturated heterocycles. The lowest BCUT2D eigenvalue weighted by Gasteiger charge is -2.13. The van der Waals surface area contributed by atoms with Gasteiger partial charge in [0.15, 0.2) is 18.1 Å². The SMILES string of the molecule is CCNC(=O)COc1ccc(CNC(=O)Cn2[nH]c(=O)c3ccccc3c2=O)cc1OC. The number of nitrogens with one attached hydrogen (secondary N) is 3. The molecule has 0 fully saturated rings. The molecule has 0 radical (unpaired) electrons. The van der Waals surface area contributed by atoms with Crippen molar-refractivity contribution in [1.82, 2.24) is 20.4 Å². The van der Waals surface area contributed by atoms with E-state index < -0.39 is 17.0 Å². The number of methoxy groups -OCH3 is 1. The Labute approximate surface area is 183 Å². The number of hydrogen-bond acceptors (Lipinski definition) is 6. The lowest BCUT2D eigenvalue weighted by Crippen LogP contribution is -2.36. The van der Waals surface area contributed by atoms with Gasteiger partial charge in [-0.1, -0.05) is 18.2 Å². The topological polar surface area (TPSA) is 132 Å². The van der Waals surface area contributed by atoms with Crippen LogP contribution in [0, 0.1) is 0 Å². The van der Waals surface area contributed by atoms with Gasteiger partial charge in [-0.3, -0.25) is 24.3 Å². The van der Waals surface area contributed by atoms with Gasteiger partial charge in [0.25, 0.3) is 17.0 Å². The summed E-state index contributed by atoms with van der Waals surface area (Å²) in [6.45, 7) is 2.02. The number of aromatic amines is 1. The molecule has 0 saturated carbocycles. The molecule has 32 heavy (non-hydrogen) atoms. The van der Waals surface area contributed by atoms with Gasteiger partial charge in [0.05, 0.1) is 17.9 Å². The van der Waals surface area contributed by atoms with Gasteiger partial charge in [-0.25, -0.2) is 4.68 Å². The van der Waals surface area contributed by atoms with Crippen molar-refractivity contribution in [1.29, 1.82) is 0 Å². The molecule has 0 aliphatic carbocycles. The average molecular weight is 440 g/mol. The van der Waals surface area contributed by atoms with Crippen LogP contribution in [0.5, 0.6) is 11.5 Å². The number of ether oxygens (including phenoxy) is 2. The van der Waals surface area contributed by atoms with Crippen molar-refractivity contribution in [2.24, 2.45) is 0 Å². The lowest BCUT2D eigenvalue weighted by molar-refractivity contribution is -0.123. The maximum absolute atomic E-state index is 12.5. The first-order valence-corrected chi connectivity index (χ1v) is 9.98. The van der Waals surface area contributed by atoms with Gasteiger partial charge in [-0.05, 0) is 36.8 Å². The maximum Gasteiger partial charge on any atom is 0.273 e. The van der Waals surface area contributed by atoms with Crippen LogP contribution in [0.25, 0.3) is 10.8 Å². The molecule has 168 valence electrons. The van der Waals surface area contributed by atoms with Crippen molar-refractivity contribution in [2.45, 2.75) is 20.0 Å². The molecule has 0 bridgehead atoms. The molecule has 3 aromatic rings. The van der Waals surface area contributed by atoms with Crippen LogP contribution in [0.1, 0.15) is 12.5 Å². The monoisotopic (exact) mass is 440 g/mol. The molecule has 2 amide bonds. The third-order valence-corrected chi connectivity index (χ3v) is 4.64. The summed E-state index contributed by atoms with van der Waals surface area (Å²) in [5, 5.41) is 8.28. The van der Waals surface area contributed by atoms with Gasteiger partial charge < -0.3 is 20.1 Å². The van der Waals surface area contributed by atoms with Gasteiger partial charge in [0.1, 0.15) is 6.54 Å². The van der Waals surface area contributed by atoms with Crippen LogP contribution in [-0.4, -0.2) is 41.9 Å². The minimum atomic E-state index is -0.453. The Morgan fingerprint density at radius 2 is 1.75 bits per heavy atom. The van der Waals surface area contributed by atoms with Crippen LogP contribution in [0.15, 0.2) is 52.1 Å². The number of amides is 2. The standard InChI is InChI=1S/C22H24N4O6/c1-3-23-20(28)13-32-17-9-8-14(10-18(17)31-2)11-24-19(27)12-26-22(30)16-7-5-4-6-15(16)21(29)25-26/h4-10H,3,11-13H2,1-2H3,(H,23,28)(H,24,27)(H,25,29). The first-order chi connectivity index (χ1) is 15.4. The number of benzene rings is 2. The number of rotatable bonds is 9. The van der Waals surface area contributed by atoms with Crippen LogP contribution in [0.3, 0.4) is 0 Å². The zero-order valence-electron chi connectivity index (χ0n) is 17.8. The van der Waals surface area contributed by atoms with Crippen LogP contribution in [-0.2, 0) is 22.7 Å². The summed E-state index contributed by atoms with van der Waals surface area (Å²) in [6, 6.07) is 11.5. The van der Waals surface area contributed by atoms with Gasteiger partial charge >= 0.3 is 0 Å². The number of carbonyl (C=O) groups excluding carboxylic acids is 2. The largest absolute Gasteiger partial charge is 0.493 e. The Kier molecular flexibility index (Phi) is 7.27. The quantitative estimate of drug-likeness (QED) is 0.445. The minimum Gasteiger partial charge on any atom is -0.493 e. The number of hydrogen-bond donors (Lipinski definition) is 3. The Balaban J connectivity index is 1.64. The summed E-state index contributed by atoms with van der Waals surface area (Å²) in [5.41, 5.74) is -0.175. The summed E-state index contributed by atoms with van der Waals surface area (Å²) in [6.07, 6.45) is 0. The molecule has 3 N–H and O–H groups in total. The molecule has 10 heteroatoms. The van der Waals surface area contributed by atoms with Crippen LogP contribution < -0.4 is 31.2 Å². The average Bonchev–Trinajstić information content (AvgIpc) is 2.80. The number of likely N-dealkylation sites (N-methyl/N-ethyl adjacent to an activating group) is 1. The second-order valence-corrected chi connectivity index (χ2v) is 6.88. The summed E-state index contributed by atoms with van der Waals surface area (Å²) in [4.78, 5) is 48.6. The predicted octanol–water partition coefficient (Wildman–Crippen LogP) is 0.530. The van der Waals surface area contributed by atoms with E-state index in [2.05, 4.69) is 15.7 Å². The summed E-state index contributed by atoms with van der Waals surface area (Å²) in [5.74, 6) is 0.117. The molecule has 2 aromatic carbocycles. The van der Waals surface area contributed by atoms with Crippen molar-refractivity contribution in [3.63, 3.8) is 0 Å². The number of aromatic nitrogens is 2. The van der Waals surface area contributed by atoms with Crippen LogP contribution >= 0.6 is 0 Å². The highest BCUT2D eigenvalue weighted by molar-refractivity contribution is 5.81. The van der Waals surface area contributed by atoms with Gasteiger partial charge in [0, 0.05) is 13.1 Å². The smallest absolute Gasteiger partial charge is 0.273 e. The molecule has 0 spiro atoms. The van der Waals surface area contributed by atoms with E-state index in [0.717, 1.165) is 10.2 Å². The van der Waals surface area contributed by atoms with Crippen molar-refractivity contribution in [2.75, 3.05) is 20.3 Å². The predicted molar refractivity (Wildman–Crippen MR) is 118 cm³/mol. The van der Waals surface area contributed by atoms with E-state index >= 15 is 0 Å². The third kappa shape index (κ3) is 5.34. The van der Waals surface area contributed by atoms with Crippen LogP contribution in [0.2, 0.25) is 0 Å². The summed E-state index contributed by atoms with van der Waals surface area (Å²) in [7, 11) is 1.47. The first-order valence-electron chi connectivity index (χ1n) is 9.98. The maximum atomic E-state index is 12.5. The summed E-state index contributed by atoms with van der Waals surface area (Å²) >= 11 is 0. The minimum absolute atomic E-state index is 0.140. The van der Waals surface area contributed by atoms with Crippen molar-refractivity contribution in [3.05, 3.63) is 68.7 Å². The second kappa shape index (κ2) is 10.3. The Hall–Kier alpha value is -4.08. The molecule has 1 heterocycles. The highest BCUT2D eigenvalue weighted by Crippen LogP contribution is 2.28. The van der Waals surface area contributed by atoms with Gasteiger partial charge in [0.2, 0.25) is 5.91 Å². The molecule has 0 aliphatic rings. The van der Waals surface area contributed by atoms with E-state index in [0.29, 0.717) is 18.0 Å². The number of nitrogens with zero attached hydrogens (tertiary/aromatic N) is 1. The molecule has 0 unspecified atom stereocenters. The zero-order valence-corrected chi connectivity index (χ0v) is 17.8. The van der Waals surface area contributed by atoms with E-state index in [9.17, 15) is 19.2 Å². The molecule has 0 atom stereocenters. The van der Waals surface area contributed by atoms with E-state index in [1.54, 1.807) is 42.5 Å². The number of carbonyl (C=O) groups is 2. The Morgan fingerprint density at radius 3 is 2.47 bits per heavy atom. The fourth-order valence-corrected chi connectivity index (χ4v) is 3.09. The van der Waals surface area contributed by atoms with E-state index in [4.69, 9.17) is 9.47 Å². The Morgan fingerprint density at radius 1 is 1.00 bits per heavy atom. The highest BCUT2D eigenvalue weighted by Gasteiger charge is 2.12. The molecule has 3 rings (SSSR count). The molecule has 0 aliphatic heterocycles.